The van der Waals surface area contributed by atoms with Gasteiger partial charge in [0.25, 0.3) is 0 Å². The zero-order valence-electron chi connectivity index (χ0n) is 28.4. The molecule has 2 nitrogen and oxygen atoms in total. The average molecular weight is 661 g/mol. The summed E-state index contributed by atoms with van der Waals surface area (Å²) >= 11 is 0. The molecule has 2 aromatic heterocycles. The third-order valence-corrected chi connectivity index (χ3v) is 10.9. The lowest BCUT2D eigenvalue weighted by Crippen LogP contribution is -1.94. The van der Waals surface area contributed by atoms with E-state index in [1.165, 1.54) is 93.0 Å². The first-order valence-electron chi connectivity index (χ1n) is 17.9. The van der Waals surface area contributed by atoms with Crippen LogP contribution in [0.5, 0.6) is 0 Å². The second-order valence-electron chi connectivity index (χ2n) is 13.7. The molecule has 2 heterocycles. The van der Waals surface area contributed by atoms with Crippen LogP contribution in [0.4, 0.5) is 0 Å². The van der Waals surface area contributed by atoms with E-state index in [9.17, 15) is 0 Å². The molecule has 11 rings (SSSR count). The largest absolute Gasteiger partial charge is 0.316 e. The molecule has 0 saturated heterocycles. The van der Waals surface area contributed by atoms with Crippen molar-refractivity contribution in [3.05, 3.63) is 194 Å². The van der Waals surface area contributed by atoms with Crippen molar-refractivity contribution in [2.24, 2.45) is 0 Å². The molecule has 0 saturated carbocycles. The zero-order valence-corrected chi connectivity index (χ0v) is 28.4. The van der Waals surface area contributed by atoms with E-state index in [0.717, 1.165) is 5.69 Å². The lowest BCUT2D eigenvalue weighted by atomic mass is 9.90. The molecule has 52 heavy (non-hydrogen) atoms. The van der Waals surface area contributed by atoms with Crippen LogP contribution >= 0.6 is 0 Å². The third-order valence-electron chi connectivity index (χ3n) is 10.9. The first-order valence-corrected chi connectivity index (χ1v) is 17.9. The van der Waals surface area contributed by atoms with Crippen molar-refractivity contribution in [3.8, 4) is 33.6 Å². The van der Waals surface area contributed by atoms with Crippen molar-refractivity contribution >= 4 is 65.0 Å². The van der Waals surface area contributed by atoms with Crippen LogP contribution in [0.3, 0.4) is 0 Å². The number of para-hydroxylation sites is 2. The topological polar surface area (TPSA) is 9.86 Å². The zero-order chi connectivity index (χ0) is 34.2. The van der Waals surface area contributed by atoms with Gasteiger partial charge >= 0.3 is 0 Å². The number of rotatable bonds is 4. The summed E-state index contributed by atoms with van der Waals surface area (Å²) in [7, 11) is 0. The fourth-order valence-electron chi connectivity index (χ4n) is 8.51. The quantitative estimate of drug-likeness (QED) is 0.166. The normalized spacial score (nSPS) is 11.8. The summed E-state index contributed by atoms with van der Waals surface area (Å²) in [5, 5.41) is 11.5. The molecule has 2 heteroatoms. The number of fused-ring (bicyclic) bond motifs is 11. The van der Waals surface area contributed by atoms with E-state index in [0.29, 0.717) is 0 Å². The Bertz CT molecular complexity index is 3130. The van der Waals surface area contributed by atoms with Crippen molar-refractivity contribution in [1.82, 2.24) is 9.13 Å². The van der Waals surface area contributed by atoms with Crippen molar-refractivity contribution < 1.29 is 0 Å². The van der Waals surface area contributed by atoms with Crippen LogP contribution in [0.15, 0.2) is 194 Å². The Morgan fingerprint density at radius 2 is 0.788 bits per heavy atom. The van der Waals surface area contributed by atoms with E-state index in [-0.39, 0.29) is 0 Å². The molecule has 0 amide bonds. The smallest absolute Gasteiger partial charge is 0.0635 e. The first-order chi connectivity index (χ1) is 25.8. The maximum Gasteiger partial charge on any atom is 0.0635 e. The van der Waals surface area contributed by atoms with Crippen molar-refractivity contribution in [2.75, 3.05) is 0 Å². The highest BCUT2D eigenvalue weighted by molar-refractivity contribution is 6.26. The number of hydrogen-bond acceptors (Lipinski definition) is 0. The molecule has 9 aromatic carbocycles. The lowest BCUT2D eigenvalue weighted by Gasteiger charge is -2.14. The molecule has 0 atom stereocenters. The third kappa shape index (κ3) is 4.31. The van der Waals surface area contributed by atoms with Gasteiger partial charge < -0.3 is 9.13 Å². The van der Waals surface area contributed by atoms with Gasteiger partial charge in [-0.25, -0.2) is 0 Å². The molecule has 242 valence electrons. The summed E-state index contributed by atoms with van der Waals surface area (Å²) < 4.78 is 4.73. The van der Waals surface area contributed by atoms with Gasteiger partial charge in [0.2, 0.25) is 0 Å². The van der Waals surface area contributed by atoms with E-state index < -0.39 is 0 Å². The minimum Gasteiger partial charge on any atom is -0.316 e. The molecule has 0 N–H and O–H groups in total. The minimum absolute atomic E-state index is 1.15. The highest BCUT2D eigenvalue weighted by Gasteiger charge is 2.17. The van der Waals surface area contributed by atoms with E-state index in [1.54, 1.807) is 0 Å². The number of nitrogens with zero attached hydrogens (tertiary/aromatic N) is 2. The highest BCUT2D eigenvalue weighted by Crippen LogP contribution is 2.40. The van der Waals surface area contributed by atoms with Crippen LogP contribution in [0.25, 0.3) is 98.7 Å². The number of benzene rings is 9. The van der Waals surface area contributed by atoms with E-state index in [1.807, 2.05) is 0 Å². The fourth-order valence-corrected chi connectivity index (χ4v) is 8.51. The minimum atomic E-state index is 1.15. The van der Waals surface area contributed by atoms with E-state index >= 15 is 0 Å². The predicted molar refractivity (Wildman–Crippen MR) is 221 cm³/mol. The Morgan fingerprint density at radius 3 is 1.46 bits per heavy atom. The van der Waals surface area contributed by atoms with Gasteiger partial charge in [0.05, 0.1) is 16.6 Å². The van der Waals surface area contributed by atoms with Crippen molar-refractivity contribution in [2.45, 2.75) is 0 Å². The van der Waals surface area contributed by atoms with Crippen LogP contribution in [0.2, 0.25) is 0 Å². The van der Waals surface area contributed by atoms with Gasteiger partial charge in [-0.1, -0.05) is 133 Å². The summed E-state index contributed by atoms with van der Waals surface area (Å²) in [6, 6.07) is 68.7. The van der Waals surface area contributed by atoms with E-state index in [2.05, 4.69) is 203 Å². The first kappa shape index (κ1) is 28.9. The van der Waals surface area contributed by atoms with Gasteiger partial charge in [-0.2, -0.15) is 0 Å². The van der Waals surface area contributed by atoms with Crippen LogP contribution in [-0.4, -0.2) is 9.13 Å². The Hall–Kier alpha value is -6.90. The molecule has 0 aliphatic heterocycles. The SMILES string of the molecule is c1ccc(-c2ccc3c4ccc(-c5ccc(-n6ccc7c6ccc6c8ccccc8n(-c8ccccc8)c67)cc5)cc4c4ccccc4c3c2)cc1. The summed E-state index contributed by atoms with van der Waals surface area (Å²) in [6.45, 7) is 0. The van der Waals surface area contributed by atoms with Crippen LogP contribution in [0.1, 0.15) is 0 Å². The van der Waals surface area contributed by atoms with E-state index in [4.69, 9.17) is 0 Å². The van der Waals surface area contributed by atoms with Gasteiger partial charge in [-0.05, 0) is 109 Å². The van der Waals surface area contributed by atoms with Crippen LogP contribution < -0.4 is 0 Å². The molecule has 0 spiro atoms. The molecular formula is C50H32N2. The Morgan fingerprint density at radius 1 is 0.269 bits per heavy atom. The van der Waals surface area contributed by atoms with Gasteiger partial charge in [0.1, 0.15) is 0 Å². The maximum atomic E-state index is 2.41. The van der Waals surface area contributed by atoms with Crippen molar-refractivity contribution in [3.63, 3.8) is 0 Å². The van der Waals surface area contributed by atoms with Gasteiger partial charge in [0, 0.05) is 33.7 Å². The molecule has 0 unspecified atom stereocenters. The average Bonchev–Trinajstić information content (AvgIpc) is 3.81. The molecule has 11 aromatic rings. The summed E-state index contributed by atoms with van der Waals surface area (Å²) in [5.74, 6) is 0. The van der Waals surface area contributed by atoms with Gasteiger partial charge in [0.15, 0.2) is 0 Å². The molecule has 0 aliphatic carbocycles. The maximum absolute atomic E-state index is 2.41. The van der Waals surface area contributed by atoms with Crippen molar-refractivity contribution in [1.29, 1.82) is 0 Å². The predicted octanol–water partition coefficient (Wildman–Crippen LogP) is 13.5. The molecular weight excluding hydrogens is 629 g/mol. The summed E-state index contributed by atoms with van der Waals surface area (Å²) in [5.41, 5.74) is 10.9. The second-order valence-corrected chi connectivity index (χ2v) is 13.7. The summed E-state index contributed by atoms with van der Waals surface area (Å²) in [6.07, 6.45) is 2.21. The Balaban J connectivity index is 1.02. The lowest BCUT2D eigenvalue weighted by molar-refractivity contribution is 1.13. The second kappa shape index (κ2) is 11.3. The fraction of sp³-hybridized carbons (Fsp3) is 0. The molecule has 0 fully saturated rings. The monoisotopic (exact) mass is 660 g/mol. The van der Waals surface area contributed by atoms with Gasteiger partial charge in [-0.3, -0.25) is 0 Å². The Labute approximate surface area is 301 Å². The van der Waals surface area contributed by atoms with Gasteiger partial charge in [-0.15, -0.1) is 0 Å². The molecule has 0 bridgehead atoms. The van der Waals surface area contributed by atoms with Crippen LogP contribution in [0, 0.1) is 0 Å². The Kier molecular flexibility index (Phi) is 6.28. The highest BCUT2D eigenvalue weighted by atomic mass is 15.0. The number of aromatic nitrogens is 2. The summed E-state index contributed by atoms with van der Waals surface area (Å²) in [4.78, 5) is 0. The van der Waals surface area contributed by atoms with Crippen LogP contribution in [-0.2, 0) is 0 Å². The number of hydrogen-bond donors (Lipinski definition) is 0. The standard InChI is InChI=1S/C50H32N2/c1-3-11-33(12-4-1)35-21-25-41-42-26-22-36(32-47(42)40-16-8-7-15-39(40)46(41)31-35)34-19-23-37(24-20-34)51-30-29-45-48(51)28-27-44-43-17-9-10-18-49(43)52(50(44)45)38-13-5-2-6-14-38/h1-32H. The molecule has 0 radical (unpaired) electrons. The molecule has 0 aliphatic rings.